The quantitative estimate of drug-likeness (QED) is 0.549. The molecule has 0 bridgehead atoms. The number of methoxy groups -OCH3 is 2. The lowest BCUT2D eigenvalue weighted by molar-refractivity contribution is 0.0743. The van der Waals surface area contributed by atoms with Gasteiger partial charge in [-0.05, 0) is 38.0 Å². The second-order valence-corrected chi connectivity index (χ2v) is 10.0. The minimum atomic E-state index is -3.90. The maximum absolute atomic E-state index is 13.0. The highest BCUT2D eigenvalue weighted by molar-refractivity contribution is 7.93. The summed E-state index contributed by atoms with van der Waals surface area (Å²) in [6.07, 6.45) is 1.90. The Labute approximate surface area is 189 Å². The van der Waals surface area contributed by atoms with E-state index in [-0.39, 0.29) is 22.5 Å². The number of thiophene rings is 1. The van der Waals surface area contributed by atoms with Gasteiger partial charge in [0.2, 0.25) is 5.82 Å². The molecular weight excluding hydrogens is 456 g/mol. The average Bonchev–Trinajstić information content (AvgIpc) is 3.53. The van der Waals surface area contributed by atoms with Gasteiger partial charge < -0.3 is 18.9 Å². The molecule has 0 saturated carbocycles. The molecule has 0 radical (unpaired) electrons. The zero-order chi connectivity index (χ0) is 22.9. The third-order valence-electron chi connectivity index (χ3n) is 5.02. The van der Waals surface area contributed by atoms with E-state index >= 15 is 0 Å². The lowest BCUT2D eigenvalue weighted by Gasteiger charge is -2.11. The number of hydrogen-bond donors (Lipinski definition) is 1. The van der Waals surface area contributed by atoms with E-state index in [0.717, 1.165) is 12.8 Å². The Bertz CT molecular complexity index is 1240. The number of sulfonamides is 1. The van der Waals surface area contributed by atoms with Crippen molar-refractivity contribution in [1.82, 2.24) is 15.0 Å². The molecule has 170 valence electrons. The number of carbonyl (C=O) groups excluding carboxylic acids is 1. The first kappa shape index (κ1) is 22.1. The first-order valence-corrected chi connectivity index (χ1v) is 12.1. The van der Waals surface area contributed by atoms with Gasteiger partial charge in [-0.15, -0.1) is 11.3 Å². The molecule has 3 aromatic rings. The number of nitrogens with zero attached hydrogens (tertiary/aromatic N) is 3. The summed E-state index contributed by atoms with van der Waals surface area (Å²) >= 11 is 1.20. The number of nitrogens with one attached hydrogen (secondary N) is 1. The smallest absolute Gasteiger partial charge is 0.316 e. The molecule has 1 aliphatic heterocycles. The summed E-state index contributed by atoms with van der Waals surface area (Å²) < 4.78 is 44.1. The van der Waals surface area contributed by atoms with Crippen molar-refractivity contribution in [1.29, 1.82) is 0 Å². The number of benzene rings is 1. The van der Waals surface area contributed by atoms with Gasteiger partial charge in [-0.1, -0.05) is 5.16 Å². The number of amides is 1. The van der Waals surface area contributed by atoms with Crippen molar-refractivity contribution in [3.63, 3.8) is 0 Å². The zero-order valence-corrected chi connectivity index (χ0v) is 19.4. The molecule has 0 aliphatic carbocycles. The van der Waals surface area contributed by atoms with Crippen LogP contribution in [0, 0.1) is 6.92 Å². The van der Waals surface area contributed by atoms with Gasteiger partial charge in [-0.3, -0.25) is 9.52 Å². The molecule has 32 heavy (non-hydrogen) atoms. The number of aryl methyl sites for hydroxylation is 1. The largest absolute Gasteiger partial charge is 0.493 e. The van der Waals surface area contributed by atoms with E-state index in [9.17, 15) is 13.2 Å². The van der Waals surface area contributed by atoms with E-state index in [1.54, 1.807) is 24.0 Å². The lowest BCUT2D eigenvalue weighted by atomic mass is 10.3. The van der Waals surface area contributed by atoms with Gasteiger partial charge in [-0.25, -0.2) is 8.42 Å². The van der Waals surface area contributed by atoms with Gasteiger partial charge in [0.1, 0.15) is 4.90 Å². The molecule has 0 spiro atoms. The van der Waals surface area contributed by atoms with Gasteiger partial charge in [0.15, 0.2) is 11.5 Å². The van der Waals surface area contributed by atoms with E-state index in [4.69, 9.17) is 14.0 Å². The second-order valence-electron chi connectivity index (χ2n) is 7.13. The number of rotatable bonds is 7. The minimum Gasteiger partial charge on any atom is -0.493 e. The Hall–Kier alpha value is -3.12. The highest BCUT2D eigenvalue weighted by Gasteiger charge is 2.27. The fourth-order valence-corrected chi connectivity index (χ4v) is 5.99. The number of carbonyl (C=O) groups is 1. The summed E-state index contributed by atoms with van der Waals surface area (Å²) in [5.41, 5.74) is 0.327. The summed E-state index contributed by atoms with van der Waals surface area (Å²) in [7, 11) is -0.924. The fraction of sp³-hybridized carbons (Fsp3) is 0.350. The highest BCUT2D eigenvalue weighted by Crippen LogP contribution is 2.35. The summed E-state index contributed by atoms with van der Waals surface area (Å²) in [5, 5.41) is 3.87. The average molecular weight is 479 g/mol. The Morgan fingerprint density at radius 3 is 2.56 bits per heavy atom. The third-order valence-corrected chi connectivity index (χ3v) is 7.70. The van der Waals surface area contributed by atoms with Crippen LogP contribution in [0.1, 0.15) is 28.4 Å². The van der Waals surface area contributed by atoms with E-state index in [0.29, 0.717) is 40.0 Å². The molecule has 0 unspecified atom stereocenters. The predicted octanol–water partition coefficient (Wildman–Crippen LogP) is 3.16. The summed E-state index contributed by atoms with van der Waals surface area (Å²) in [5.74, 6) is 0.657. The van der Waals surface area contributed by atoms with Crippen LogP contribution in [0.3, 0.4) is 0 Å². The molecule has 12 heteroatoms. The van der Waals surface area contributed by atoms with Crippen LogP contribution in [-0.4, -0.2) is 56.7 Å². The van der Waals surface area contributed by atoms with Crippen LogP contribution in [0.2, 0.25) is 0 Å². The van der Waals surface area contributed by atoms with Crippen LogP contribution in [0.4, 0.5) is 5.69 Å². The molecule has 1 amide bonds. The Morgan fingerprint density at radius 2 is 1.88 bits per heavy atom. The topological polar surface area (TPSA) is 124 Å². The molecule has 4 rings (SSSR count). The second kappa shape index (κ2) is 8.79. The SMILES string of the molecule is COc1ccc(NS(=O)(=O)c2cc(-c3noc(C(=O)N4CCCC4)n3)sc2C)cc1OC. The Balaban J connectivity index is 1.57. The van der Waals surface area contributed by atoms with Gasteiger partial charge in [0, 0.05) is 24.0 Å². The van der Waals surface area contributed by atoms with Crippen molar-refractivity contribution < 1.29 is 27.2 Å². The molecule has 1 fully saturated rings. The Kier molecular flexibility index (Phi) is 6.07. The number of hydrogen-bond acceptors (Lipinski definition) is 9. The number of likely N-dealkylation sites (tertiary alicyclic amines) is 1. The van der Waals surface area contributed by atoms with Crippen LogP contribution in [0.25, 0.3) is 10.7 Å². The summed E-state index contributed by atoms with van der Waals surface area (Å²) in [6.45, 7) is 3.02. The minimum absolute atomic E-state index is 0.0875. The van der Waals surface area contributed by atoms with Crippen molar-refractivity contribution in [3.8, 4) is 22.2 Å². The number of aromatic nitrogens is 2. The molecule has 10 nitrogen and oxygen atoms in total. The van der Waals surface area contributed by atoms with E-state index in [1.807, 2.05) is 0 Å². The van der Waals surface area contributed by atoms with Crippen molar-refractivity contribution >= 4 is 33.0 Å². The molecule has 1 N–H and O–H groups in total. The molecule has 2 aromatic heterocycles. The molecule has 0 atom stereocenters. The Morgan fingerprint density at radius 1 is 1.16 bits per heavy atom. The fourth-order valence-electron chi connectivity index (χ4n) is 3.42. The zero-order valence-electron chi connectivity index (χ0n) is 17.7. The van der Waals surface area contributed by atoms with Gasteiger partial charge in [-0.2, -0.15) is 4.98 Å². The van der Waals surface area contributed by atoms with Gasteiger partial charge in [0.25, 0.3) is 10.0 Å². The van der Waals surface area contributed by atoms with E-state index in [1.165, 1.54) is 37.7 Å². The highest BCUT2D eigenvalue weighted by atomic mass is 32.2. The van der Waals surface area contributed by atoms with Gasteiger partial charge in [0.05, 0.1) is 24.8 Å². The summed E-state index contributed by atoms with van der Waals surface area (Å²) in [4.78, 5) is 19.4. The standard InChI is InChI=1S/C20H22N4O6S2/c1-12-17(32(26,27)23-13-6-7-14(28-2)15(10-13)29-3)11-16(31-12)18-21-19(30-22-18)20(25)24-8-4-5-9-24/h6-7,10-11,23H,4-5,8-9H2,1-3H3. The van der Waals surface area contributed by atoms with Crippen LogP contribution in [0.5, 0.6) is 11.5 Å². The monoisotopic (exact) mass is 478 g/mol. The van der Waals surface area contributed by atoms with Crippen molar-refractivity contribution in [3.05, 3.63) is 35.0 Å². The maximum Gasteiger partial charge on any atom is 0.316 e. The van der Waals surface area contributed by atoms with Crippen LogP contribution in [0.15, 0.2) is 33.7 Å². The first-order chi connectivity index (χ1) is 15.3. The number of anilines is 1. The van der Waals surface area contributed by atoms with E-state index in [2.05, 4.69) is 14.9 Å². The van der Waals surface area contributed by atoms with E-state index < -0.39 is 10.0 Å². The molecule has 1 saturated heterocycles. The van der Waals surface area contributed by atoms with Crippen LogP contribution >= 0.6 is 11.3 Å². The molecular formula is C20H22N4O6S2. The van der Waals surface area contributed by atoms with Crippen molar-refractivity contribution in [2.24, 2.45) is 0 Å². The van der Waals surface area contributed by atoms with Crippen LogP contribution in [-0.2, 0) is 10.0 Å². The summed E-state index contributed by atoms with van der Waals surface area (Å²) in [6, 6.07) is 6.20. The van der Waals surface area contributed by atoms with Crippen LogP contribution < -0.4 is 14.2 Å². The third kappa shape index (κ3) is 4.28. The normalized spacial score (nSPS) is 13.9. The molecule has 3 heterocycles. The lowest BCUT2D eigenvalue weighted by Crippen LogP contribution is -2.27. The molecule has 1 aliphatic rings. The van der Waals surface area contributed by atoms with Crippen molar-refractivity contribution in [2.45, 2.75) is 24.7 Å². The predicted molar refractivity (Wildman–Crippen MR) is 118 cm³/mol. The van der Waals surface area contributed by atoms with Gasteiger partial charge >= 0.3 is 11.8 Å². The maximum atomic E-state index is 13.0. The van der Waals surface area contributed by atoms with Crippen molar-refractivity contribution in [2.75, 3.05) is 32.0 Å². The number of ether oxygens (including phenoxy) is 2. The molecule has 1 aromatic carbocycles. The first-order valence-electron chi connectivity index (χ1n) is 9.81.